The molecule has 7 heteroatoms. The number of nitrogens with one attached hydrogen (secondary N) is 1. The van der Waals surface area contributed by atoms with E-state index in [-0.39, 0.29) is 0 Å². The smallest absolute Gasteiger partial charge is 0.188 e. The van der Waals surface area contributed by atoms with Gasteiger partial charge in [-0.3, -0.25) is 0 Å². The zero-order valence-corrected chi connectivity index (χ0v) is 14.5. The number of aromatic nitrogens is 2. The van der Waals surface area contributed by atoms with E-state index in [9.17, 15) is 5.26 Å². The first-order valence-corrected chi connectivity index (χ1v) is 8.34. The van der Waals surface area contributed by atoms with Crippen molar-refractivity contribution in [3.63, 3.8) is 0 Å². The number of hydrogen-bond donors (Lipinski definition) is 1. The minimum Gasteiger partial charge on any atom is -0.452 e. The van der Waals surface area contributed by atoms with Crippen LogP contribution in [-0.4, -0.2) is 9.97 Å². The van der Waals surface area contributed by atoms with Crippen molar-refractivity contribution >= 4 is 38.2 Å². The number of hydrogen-bond acceptors (Lipinski definition) is 6. The normalized spacial score (nSPS) is 10.1. The minimum atomic E-state index is 0.462. The average Bonchev–Trinajstić information content (AvgIpc) is 2.96. The molecule has 0 atom stereocenters. The number of rotatable bonds is 4. The molecule has 3 aromatic rings. The monoisotopic (exact) mass is 386 g/mol. The molecular weight excluding hydrogens is 376 g/mol. The Morgan fingerprint density at radius 2 is 2.13 bits per heavy atom. The zero-order chi connectivity index (χ0) is 16.2. The van der Waals surface area contributed by atoms with Crippen LogP contribution in [0, 0.1) is 18.3 Å². The Morgan fingerprint density at radius 3 is 2.87 bits per heavy atom. The fraction of sp³-hybridized carbons (Fsp3) is 0.0625. The Labute approximate surface area is 145 Å². The predicted molar refractivity (Wildman–Crippen MR) is 93.3 cm³/mol. The molecule has 0 aliphatic rings. The molecule has 0 radical (unpaired) electrons. The maximum Gasteiger partial charge on any atom is 0.188 e. The summed E-state index contributed by atoms with van der Waals surface area (Å²) >= 11 is 4.88. The first kappa shape index (κ1) is 15.5. The van der Waals surface area contributed by atoms with Crippen molar-refractivity contribution in [2.45, 2.75) is 6.92 Å². The van der Waals surface area contributed by atoms with Crippen LogP contribution in [0.5, 0.6) is 11.5 Å². The molecule has 3 rings (SSSR count). The third-order valence-corrected chi connectivity index (χ3v) is 4.20. The number of thiazole rings is 1. The first-order valence-electron chi connectivity index (χ1n) is 6.67. The summed E-state index contributed by atoms with van der Waals surface area (Å²) in [7, 11) is 0. The molecule has 0 bridgehead atoms. The topological polar surface area (TPSA) is 70.8 Å². The second kappa shape index (κ2) is 6.77. The van der Waals surface area contributed by atoms with Crippen LogP contribution in [0.2, 0.25) is 0 Å². The van der Waals surface area contributed by atoms with Gasteiger partial charge in [-0.25, -0.2) is 9.97 Å². The predicted octanol–water partition coefficient (Wildman–Crippen LogP) is 5.02. The molecule has 0 saturated carbocycles. The van der Waals surface area contributed by atoms with E-state index >= 15 is 0 Å². The van der Waals surface area contributed by atoms with Crippen LogP contribution < -0.4 is 10.1 Å². The maximum absolute atomic E-state index is 9.18. The number of pyridine rings is 1. The van der Waals surface area contributed by atoms with Gasteiger partial charge in [-0.1, -0.05) is 12.1 Å². The summed E-state index contributed by atoms with van der Waals surface area (Å²) in [6.07, 6.45) is 1.67. The molecule has 0 amide bonds. The standard InChI is InChI=1S/C16H11BrN4OS/c1-10-9-23-16(20-10)21-15-14(6-12(17)8-19-15)22-13-5-3-2-4-11(13)7-18/h2-6,8-9H,1H3,(H,19,20,21). The molecule has 0 aliphatic carbocycles. The Hall–Kier alpha value is -2.43. The molecule has 5 nitrogen and oxygen atoms in total. The largest absolute Gasteiger partial charge is 0.452 e. The van der Waals surface area contributed by atoms with Crippen molar-refractivity contribution in [3.8, 4) is 17.6 Å². The average molecular weight is 387 g/mol. The van der Waals surface area contributed by atoms with Crippen LogP contribution in [0.4, 0.5) is 10.9 Å². The molecule has 0 fully saturated rings. The maximum atomic E-state index is 9.18. The number of benzene rings is 1. The fourth-order valence-corrected chi connectivity index (χ4v) is 2.87. The summed E-state index contributed by atoms with van der Waals surface area (Å²) in [6.45, 7) is 1.93. The van der Waals surface area contributed by atoms with Gasteiger partial charge in [-0.05, 0) is 35.0 Å². The Bertz CT molecular complexity index is 888. The van der Waals surface area contributed by atoms with Crippen LogP contribution in [-0.2, 0) is 0 Å². The molecule has 23 heavy (non-hydrogen) atoms. The van der Waals surface area contributed by atoms with E-state index in [1.165, 1.54) is 11.3 Å². The van der Waals surface area contributed by atoms with Gasteiger partial charge < -0.3 is 10.1 Å². The number of ether oxygens (including phenoxy) is 1. The number of aryl methyl sites for hydroxylation is 1. The highest BCUT2D eigenvalue weighted by atomic mass is 79.9. The number of nitriles is 1. The fourth-order valence-electron chi connectivity index (χ4n) is 1.87. The number of anilines is 2. The zero-order valence-electron chi connectivity index (χ0n) is 12.1. The van der Waals surface area contributed by atoms with Crippen LogP contribution in [0.15, 0.2) is 46.4 Å². The second-order valence-corrected chi connectivity index (χ2v) is 6.40. The minimum absolute atomic E-state index is 0.462. The lowest BCUT2D eigenvalue weighted by Crippen LogP contribution is -1.98. The summed E-state index contributed by atoms with van der Waals surface area (Å²) in [5.74, 6) is 1.53. The van der Waals surface area contributed by atoms with Crippen molar-refractivity contribution in [3.05, 3.63) is 57.6 Å². The quantitative estimate of drug-likeness (QED) is 0.681. The second-order valence-electron chi connectivity index (χ2n) is 4.63. The van der Waals surface area contributed by atoms with Crippen molar-refractivity contribution < 1.29 is 4.74 Å². The van der Waals surface area contributed by atoms with Crippen LogP contribution >= 0.6 is 27.3 Å². The van der Waals surface area contributed by atoms with Gasteiger partial charge in [0.05, 0.1) is 11.3 Å². The first-order chi connectivity index (χ1) is 11.2. The SMILES string of the molecule is Cc1csc(Nc2ncc(Br)cc2Oc2ccccc2C#N)n1. The van der Waals surface area contributed by atoms with Gasteiger partial charge in [0.15, 0.2) is 16.7 Å². The molecule has 0 unspecified atom stereocenters. The van der Waals surface area contributed by atoms with Crippen LogP contribution in [0.25, 0.3) is 0 Å². The summed E-state index contributed by atoms with van der Waals surface area (Å²) in [5.41, 5.74) is 1.40. The van der Waals surface area contributed by atoms with Crippen LogP contribution in [0.3, 0.4) is 0 Å². The number of nitrogens with zero attached hydrogens (tertiary/aromatic N) is 3. The van der Waals surface area contributed by atoms with Crippen molar-refractivity contribution in [2.24, 2.45) is 0 Å². The highest BCUT2D eigenvalue weighted by molar-refractivity contribution is 9.10. The Morgan fingerprint density at radius 1 is 1.30 bits per heavy atom. The van der Waals surface area contributed by atoms with Gasteiger partial charge in [0, 0.05) is 22.1 Å². The van der Waals surface area contributed by atoms with E-state index in [2.05, 4.69) is 37.3 Å². The van der Waals surface area contributed by atoms with Crippen molar-refractivity contribution in [1.82, 2.24) is 9.97 Å². The lowest BCUT2D eigenvalue weighted by Gasteiger charge is -2.12. The summed E-state index contributed by atoms with van der Waals surface area (Å²) < 4.78 is 6.67. The van der Waals surface area contributed by atoms with Gasteiger partial charge in [0.25, 0.3) is 0 Å². The lowest BCUT2D eigenvalue weighted by molar-refractivity contribution is 0.481. The van der Waals surface area contributed by atoms with E-state index in [1.54, 1.807) is 30.5 Å². The Balaban J connectivity index is 1.95. The van der Waals surface area contributed by atoms with Gasteiger partial charge in [0.1, 0.15) is 11.8 Å². The summed E-state index contributed by atoms with van der Waals surface area (Å²) in [4.78, 5) is 8.69. The molecule has 2 heterocycles. The number of para-hydroxylation sites is 1. The van der Waals surface area contributed by atoms with E-state index in [4.69, 9.17) is 4.74 Å². The Kier molecular flexibility index (Phi) is 4.55. The van der Waals surface area contributed by atoms with E-state index in [1.807, 2.05) is 18.4 Å². The molecule has 2 aromatic heterocycles. The summed E-state index contributed by atoms with van der Waals surface area (Å²) in [5, 5.41) is 15.0. The molecule has 0 spiro atoms. The third kappa shape index (κ3) is 3.67. The molecular formula is C16H11BrN4OS. The van der Waals surface area contributed by atoms with E-state index < -0.39 is 0 Å². The molecule has 1 aromatic carbocycles. The molecule has 1 N–H and O–H groups in total. The van der Waals surface area contributed by atoms with Crippen molar-refractivity contribution in [2.75, 3.05) is 5.32 Å². The van der Waals surface area contributed by atoms with Crippen molar-refractivity contribution in [1.29, 1.82) is 5.26 Å². The van der Waals surface area contributed by atoms with E-state index in [0.29, 0.717) is 22.9 Å². The summed E-state index contributed by atoms with van der Waals surface area (Å²) in [6, 6.07) is 11.0. The van der Waals surface area contributed by atoms with Crippen LogP contribution in [0.1, 0.15) is 11.3 Å². The van der Waals surface area contributed by atoms with Gasteiger partial charge in [-0.15, -0.1) is 11.3 Å². The molecule has 0 saturated heterocycles. The molecule has 0 aliphatic heterocycles. The van der Waals surface area contributed by atoms with Gasteiger partial charge in [-0.2, -0.15) is 5.26 Å². The van der Waals surface area contributed by atoms with Gasteiger partial charge >= 0.3 is 0 Å². The highest BCUT2D eigenvalue weighted by Gasteiger charge is 2.12. The number of halogens is 1. The highest BCUT2D eigenvalue weighted by Crippen LogP contribution is 2.34. The molecule has 114 valence electrons. The third-order valence-electron chi connectivity index (χ3n) is 2.89. The lowest BCUT2D eigenvalue weighted by atomic mass is 10.2. The van der Waals surface area contributed by atoms with E-state index in [0.717, 1.165) is 15.3 Å². The van der Waals surface area contributed by atoms with Gasteiger partial charge in [0.2, 0.25) is 0 Å².